The normalized spacial score (nSPS) is 14.5. The Bertz CT molecular complexity index is 603. The molecule has 0 heterocycles. The topological polar surface area (TPSA) is 3.24 Å². The highest BCUT2D eigenvalue weighted by Crippen LogP contribution is 2.22. The molecule has 1 nitrogen and oxygen atoms in total. The Hall–Kier alpha value is -1.60. The van der Waals surface area contributed by atoms with Crippen molar-refractivity contribution < 1.29 is 0 Å². The minimum atomic E-state index is 1.07. The van der Waals surface area contributed by atoms with Gasteiger partial charge in [0.2, 0.25) is 0 Å². The van der Waals surface area contributed by atoms with Gasteiger partial charge in [-0.05, 0) is 74.4 Å². The average molecular weight is 307 g/mol. The van der Waals surface area contributed by atoms with Gasteiger partial charge in [0.05, 0.1) is 0 Å². The number of rotatable bonds is 6. The van der Waals surface area contributed by atoms with Crippen molar-refractivity contribution in [2.75, 3.05) is 13.6 Å². The summed E-state index contributed by atoms with van der Waals surface area (Å²) in [7, 11) is 2.25. The first-order valence-corrected chi connectivity index (χ1v) is 9.14. The second-order valence-corrected chi connectivity index (χ2v) is 6.99. The van der Waals surface area contributed by atoms with Crippen molar-refractivity contribution in [3.8, 4) is 0 Å². The number of fused-ring (bicyclic) bond motifs is 1. The zero-order valence-electron chi connectivity index (χ0n) is 14.4. The predicted molar refractivity (Wildman–Crippen MR) is 98.8 cm³/mol. The van der Waals surface area contributed by atoms with Crippen LogP contribution in [0.5, 0.6) is 0 Å². The molecule has 0 spiro atoms. The van der Waals surface area contributed by atoms with Gasteiger partial charge in [0.25, 0.3) is 0 Å². The first-order chi connectivity index (χ1) is 11.3. The Morgan fingerprint density at radius 1 is 0.826 bits per heavy atom. The minimum Gasteiger partial charge on any atom is -0.302 e. The smallest absolute Gasteiger partial charge is 0.0230 e. The van der Waals surface area contributed by atoms with Gasteiger partial charge in [-0.15, -0.1) is 0 Å². The molecule has 0 amide bonds. The maximum Gasteiger partial charge on any atom is 0.0230 e. The molecule has 0 N–H and O–H groups in total. The van der Waals surface area contributed by atoms with E-state index in [-0.39, 0.29) is 0 Å². The molecule has 0 aromatic heterocycles. The molecule has 1 aliphatic rings. The number of aryl methyl sites for hydroxylation is 3. The fourth-order valence-corrected chi connectivity index (χ4v) is 3.65. The third kappa shape index (κ3) is 4.94. The van der Waals surface area contributed by atoms with Crippen molar-refractivity contribution in [2.24, 2.45) is 0 Å². The molecular weight excluding hydrogens is 278 g/mol. The van der Waals surface area contributed by atoms with Crippen LogP contribution in [0.3, 0.4) is 0 Å². The molecule has 0 atom stereocenters. The highest BCUT2D eigenvalue weighted by Gasteiger charge is 2.09. The molecule has 3 rings (SSSR count). The summed E-state index contributed by atoms with van der Waals surface area (Å²) >= 11 is 0. The Kier molecular flexibility index (Phi) is 5.87. The summed E-state index contributed by atoms with van der Waals surface area (Å²) in [5, 5.41) is 0. The van der Waals surface area contributed by atoms with Crippen LogP contribution in [-0.4, -0.2) is 18.5 Å². The number of nitrogens with zero attached hydrogens (tertiary/aromatic N) is 1. The number of hydrogen-bond acceptors (Lipinski definition) is 1. The first kappa shape index (κ1) is 16.3. The van der Waals surface area contributed by atoms with Crippen LogP contribution in [0.15, 0.2) is 48.5 Å². The van der Waals surface area contributed by atoms with Crippen molar-refractivity contribution in [3.05, 3.63) is 70.8 Å². The lowest BCUT2D eigenvalue weighted by Gasteiger charge is -2.18. The summed E-state index contributed by atoms with van der Waals surface area (Å²) in [5.74, 6) is 0. The summed E-state index contributed by atoms with van der Waals surface area (Å²) in [6.45, 7) is 2.23. The Labute approximate surface area is 141 Å². The van der Waals surface area contributed by atoms with Crippen LogP contribution in [0.25, 0.3) is 0 Å². The van der Waals surface area contributed by atoms with Gasteiger partial charge in [-0.1, -0.05) is 55.0 Å². The molecule has 0 aliphatic heterocycles. The SMILES string of the molecule is CN(CCCc1ccccc1)Cc1ccc2c(c1)CCCCC2. The Morgan fingerprint density at radius 3 is 2.43 bits per heavy atom. The van der Waals surface area contributed by atoms with E-state index in [4.69, 9.17) is 0 Å². The molecule has 0 saturated heterocycles. The molecule has 2 aromatic carbocycles. The zero-order chi connectivity index (χ0) is 15.9. The van der Waals surface area contributed by atoms with Crippen molar-refractivity contribution in [2.45, 2.75) is 51.5 Å². The van der Waals surface area contributed by atoms with Crippen molar-refractivity contribution in [1.29, 1.82) is 0 Å². The van der Waals surface area contributed by atoms with Gasteiger partial charge in [-0.3, -0.25) is 0 Å². The maximum atomic E-state index is 2.47. The van der Waals surface area contributed by atoms with Gasteiger partial charge in [-0.2, -0.15) is 0 Å². The molecule has 0 fully saturated rings. The van der Waals surface area contributed by atoms with Gasteiger partial charge in [0.15, 0.2) is 0 Å². The molecular formula is C22H29N. The summed E-state index contributed by atoms with van der Waals surface area (Å²) < 4.78 is 0. The van der Waals surface area contributed by atoms with Gasteiger partial charge in [-0.25, -0.2) is 0 Å². The molecule has 1 heteroatoms. The van der Waals surface area contributed by atoms with Gasteiger partial charge >= 0.3 is 0 Å². The fourth-order valence-electron chi connectivity index (χ4n) is 3.65. The lowest BCUT2D eigenvalue weighted by atomic mass is 10.00. The summed E-state index contributed by atoms with van der Waals surface area (Å²) in [6.07, 6.45) is 9.09. The lowest BCUT2D eigenvalue weighted by Crippen LogP contribution is -2.19. The molecule has 0 bridgehead atoms. The average Bonchev–Trinajstić information content (AvgIpc) is 2.81. The highest BCUT2D eigenvalue weighted by molar-refractivity contribution is 5.33. The highest BCUT2D eigenvalue weighted by atomic mass is 15.1. The minimum absolute atomic E-state index is 1.07. The van der Waals surface area contributed by atoms with Crippen molar-refractivity contribution in [1.82, 2.24) is 4.90 Å². The second-order valence-electron chi connectivity index (χ2n) is 6.99. The standard InChI is InChI=1S/C22H29N/c1-23(16-8-11-19-9-4-2-5-10-19)18-20-14-15-21-12-6-3-7-13-22(21)17-20/h2,4-5,9-10,14-15,17H,3,6-8,11-13,16,18H2,1H3. The maximum absolute atomic E-state index is 2.47. The first-order valence-electron chi connectivity index (χ1n) is 9.14. The Morgan fingerprint density at radius 2 is 1.61 bits per heavy atom. The predicted octanol–water partition coefficient (Wildman–Crippen LogP) is 5.02. The molecule has 0 unspecified atom stereocenters. The van der Waals surface area contributed by atoms with E-state index in [1.54, 1.807) is 11.1 Å². The van der Waals surface area contributed by atoms with Crippen LogP contribution < -0.4 is 0 Å². The molecule has 1 aliphatic carbocycles. The lowest BCUT2D eigenvalue weighted by molar-refractivity contribution is 0.322. The van der Waals surface area contributed by atoms with E-state index in [0.717, 1.165) is 13.1 Å². The van der Waals surface area contributed by atoms with E-state index in [1.807, 2.05) is 0 Å². The van der Waals surface area contributed by atoms with Gasteiger partial charge in [0, 0.05) is 6.54 Å². The van der Waals surface area contributed by atoms with Crippen LogP contribution in [0.1, 0.15) is 47.9 Å². The van der Waals surface area contributed by atoms with E-state index in [1.165, 1.54) is 56.1 Å². The number of benzene rings is 2. The van der Waals surface area contributed by atoms with Gasteiger partial charge in [0.1, 0.15) is 0 Å². The van der Waals surface area contributed by atoms with E-state index in [0.29, 0.717) is 0 Å². The summed E-state index contributed by atoms with van der Waals surface area (Å²) in [4.78, 5) is 2.46. The van der Waals surface area contributed by atoms with Crippen molar-refractivity contribution in [3.63, 3.8) is 0 Å². The van der Waals surface area contributed by atoms with Crippen LogP contribution >= 0.6 is 0 Å². The summed E-state index contributed by atoms with van der Waals surface area (Å²) in [6, 6.07) is 18.0. The largest absolute Gasteiger partial charge is 0.302 e. The van der Waals surface area contributed by atoms with Crippen LogP contribution in [0, 0.1) is 0 Å². The zero-order valence-corrected chi connectivity index (χ0v) is 14.4. The molecule has 2 aromatic rings. The molecule has 0 radical (unpaired) electrons. The third-order valence-electron chi connectivity index (χ3n) is 4.96. The quantitative estimate of drug-likeness (QED) is 0.677. The van der Waals surface area contributed by atoms with Crippen LogP contribution in [0.2, 0.25) is 0 Å². The van der Waals surface area contributed by atoms with Gasteiger partial charge < -0.3 is 4.90 Å². The van der Waals surface area contributed by atoms with E-state index >= 15 is 0 Å². The molecule has 122 valence electrons. The summed E-state index contributed by atoms with van der Waals surface area (Å²) in [5.41, 5.74) is 6.13. The Balaban J connectivity index is 1.49. The monoisotopic (exact) mass is 307 g/mol. The molecule has 23 heavy (non-hydrogen) atoms. The van der Waals surface area contributed by atoms with E-state index < -0.39 is 0 Å². The fraction of sp³-hybridized carbons (Fsp3) is 0.455. The number of hydrogen-bond donors (Lipinski definition) is 0. The third-order valence-corrected chi connectivity index (χ3v) is 4.96. The van der Waals surface area contributed by atoms with Crippen LogP contribution in [-0.2, 0) is 25.8 Å². The van der Waals surface area contributed by atoms with E-state index in [2.05, 4.69) is 60.5 Å². The van der Waals surface area contributed by atoms with E-state index in [9.17, 15) is 0 Å². The molecule has 0 saturated carbocycles. The van der Waals surface area contributed by atoms with Crippen molar-refractivity contribution >= 4 is 0 Å². The van der Waals surface area contributed by atoms with Crippen LogP contribution in [0.4, 0.5) is 0 Å². The second kappa shape index (κ2) is 8.31.